The summed E-state index contributed by atoms with van der Waals surface area (Å²) in [6, 6.07) is 3.52. The Labute approximate surface area is 176 Å². The predicted molar refractivity (Wildman–Crippen MR) is 104 cm³/mol. The van der Waals surface area contributed by atoms with Crippen molar-refractivity contribution in [1.82, 2.24) is 44.6 Å². The van der Waals surface area contributed by atoms with E-state index in [1.807, 2.05) is 6.20 Å². The van der Waals surface area contributed by atoms with Crippen molar-refractivity contribution in [3.05, 3.63) is 66.8 Å². The second-order valence-corrected chi connectivity index (χ2v) is 7.07. The number of hydrogen-bond donors (Lipinski definition) is 0. The maximum Gasteiger partial charge on any atom is 0.289 e. The normalized spacial score (nSPS) is 16.0. The highest BCUT2D eigenvalue weighted by Crippen LogP contribution is 2.23. The number of likely N-dealkylation sites (tertiary alicyclic amines) is 1. The number of carbonyl (C=O) groups excluding carboxylic acids is 1. The van der Waals surface area contributed by atoms with Crippen LogP contribution in [0, 0.1) is 0 Å². The molecule has 0 radical (unpaired) electrons. The zero-order valence-corrected chi connectivity index (χ0v) is 16.5. The van der Waals surface area contributed by atoms with Crippen molar-refractivity contribution in [2.75, 3.05) is 13.1 Å². The molecular weight excluding hydrogens is 402 g/mol. The fraction of sp³-hybridized carbons (Fsp3) is 0.316. The van der Waals surface area contributed by atoms with Crippen LogP contribution in [0.5, 0.6) is 5.88 Å². The van der Waals surface area contributed by atoms with Gasteiger partial charge in [0.2, 0.25) is 5.88 Å². The molecule has 0 N–H and O–H groups in total. The highest BCUT2D eigenvalue weighted by molar-refractivity contribution is 5.91. The highest BCUT2D eigenvalue weighted by Gasteiger charge is 2.30. The number of amides is 1. The quantitative estimate of drug-likeness (QED) is 0.428. The largest absolute Gasteiger partial charge is 0.470 e. The fourth-order valence-corrected chi connectivity index (χ4v) is 3.42. The molecule has 5 rings (SSSR count). The van der Waals surface area contributed by atoms with Gasteiger partial charge in [0, 0.05) is 25.5 Å². The molecule has 31 heavy (non-hydrogen) atoms. The summed E-state index contributed by atoms with van der Waals surface area (Å²) in [4.78, 5) is 26.5. The van der Waals surface area contributed by atoms with Gasteiger partial charge in [0.1, 0.15) is 37.3 Å². The van der Waals surface area contributed by atoms with Crippen molar-refractivity contribution in [3.8, 4) is 5.88 Å². The van der Waals surface area contributed by atoms with E-state index in [4.69, 9.17) is 9.15 Å². The summed E-state index contributed by atoms with van der Waals surface area (Å²) < 4.78 is 14.7. The minimum absolute atomic E-state index is 0.0475. The third-order valence-electron chi connectivity index (χ3n) is 4.95. The molecule has 1 atom stereocenters. The lowest BCUT2D eigenvalue weighted by atomic mass is 10.3. The van der Waals surface area contributed by atoms with Crippen molar-refractivity contribution in [2.24, 2.45) is 0 Å². The Kier molecular flexibility index (Phi) is 5.09. The van der Waals surface area contributed by atoms with Crippen molar-refractivity contribution < 1.29 is 13.9 Å². The molecule has 12 heteroatoms. The summed E-state index contributed by atoms with van der Waals surface area (Å²) in [6.07, 6.45) is 10.3. The van der Waals surface area contributed by atoms with Crippen LogP contribution in [0.2, 0.25) is 0 Å². The van der Waals surface area contributed by atoms with Gasteiger partial charge in [-0.25, -0.2) is 19.3 Å². The molecule has 1 saturated heterocycles. The second kappa shape index (κ2) is 8.34. The van der Waals surface area contributed by atoms with Crippen LogP contribution in [-0.4, -0.2) is 63.6 Å². The Morgan fingerprint density at radius 3 is 3.06 bits per heavy atom. The van der Waals surface area contributed by atoms with Crippen LogP contribution in [0.4, 0.5) is 0 Å². The van der Waals surface area contributed by atoms with Crippen molar-refractivity contribution >= 4 is 5.91 Å². The van der Waals surface area contributed by atoms with Gasteiger partial charge >= 0.3 is 0 Å². The SMILES string of the molecule is O=C(c1ccc(Cn2cncn2)o1)N1CCC(n2cc(COc3cnccn3)nn2)C1. The molecule has 1 fully saturated rings. The van der Waals surface area contributed by atoms with Gasteiger partial charge in [0.05, 0.1) is 18.4 Å². The first-order valence-electron chi connectivity index (χ1n) is 9.74. The molecule has 1 aliphatic rings. The number of nitrogens with zero attached hydrogens (tertiary/aromatic N) is 9. The lowest BCUT2D eigenvalue weighted by Crippen LogP contribution is -2.28. The molecule has 0 saturated carbocycles. The summed E-state index contributed by atoms with van der Waals surface area (Å²) in [5.74, 6) is 1.25. The standard InChI is InChI=1S/C19H19N9O3/c29-19(17-2-1-16(31-17)10-27-13-21-12-23-27)26-6-3-15(9-26)28-8-14(24-25-28)11-30-18-7-20-4-5-22-18/h1-2,4-5,7-8,12-13,15H,3,6,9-11H2. The molecule has 4 aromatic rings. The number of ether oxygens (including phenoxy) is 1. The van der Waals surface area contributed by atoms with Gasteiger partial charge in [-0.15, -0.1) is 5.10 Å². The molecule has 5 heterocycles. The summed E-state index contributed by atoms with van der Waals surface area (Å²) in [7, 11) is 0. The lowest BCUT2D eigenvalue weighted by Gasteiger charge is -2.14. The molecule has 1 aliphatic heterocycles. The Hall–Kier alpha value is -4.09. The van der Waals surface area contributed by atoms with Crippen molar-refractivity contribution in [2.45, 2.75) is 25.6 Å². The van der Waals surface area contributed by atoms with E-state index in [2.05, 4.69) is 30.4 Å². The first-order valence-corrected chi connectivity index (χ1v) is 9.74. The smallest absolute Gasteiger partial charge is 0.289 e. The van der Waals surface area contributed by atoms with Gasteiger partial charge in [0.15, 0.2) is 5.76 Å². The van der Waals surface area contributed by atoms with Crippen LogP contribution in [0.25, 0.3) is 0 Å². The van der Waals surface area contributed by atoms with Crippen LogP contribution in [-0.2, 0) is 13.2 Å². The topological polar surface area (TPSA) is 130 Å². The van der Waals surface area contributed by atoms with Gasteiger partial charge in [-0.3, -0.25) is 9.78 Å². The summed E-state index contributed by atoms with van der Waals surface area (Å²) in [5.41, 5.74) is 0.680. The van der Waals surface area contributed by atoms with E-state index in [1.165, 1.54) is 12.5 Å². The highest BCUT2D eigenvalue weighted by atomic mass is 16.5. The number of rotatable bonds is 7. The third-order valence-corrected chi connectivity index (χ3v) is 4.95. The minimum Gasteiger partial charge on any atom is -0.470 e. The van der Waals surface area contributed by atoms with E-state index in [1.54, 1.807) is 45.1 Å². The van der Waals surface area contributed by atoms with E-state index in [0.29, 0.717) is 42.7 Å². The third kappa shape index (κ3) is 4.27. The van der Waals surface area contributed by atoms with Gasteiger partial charge in [-0.2, -0.15) is 5.10 Å². The molecule has 12 nitrogen and oxygen atoms in total. The van der Waals surface area contributed by atoms with Gasteiger partial charge in [-0.1, -0.05) is 5.21 Å². The molecule has 1 unspecified atom stereocenters. The Bertz CT molecular complexity index is 1140. The molecule has 0 bridgehead atoms. The Morgan fingerprint density at radius 1 is 1.26 bits per heavy atom. The molecule has 158 valence electrons. The van der Waals surface area contributed by atoms with E-state index in [9.17, 15) is 4.79 Å². The fourth-order valence-electron chi connectivity index (χ4n) is 3.42. The van der Waals surface area contributed by atoms with E-state index >= 15 is 0 Å². The first kappa shape index (κ1) is 18.9. The number of aromatic nitrogens is 8. The van der Waals surface area contributed by atoms with Crippen LogP contribution < -0.4 is 4.74 Å². The first-order chi connectivity index (χ1) is 15.2. The summed E-state index contributed by atoms with van der Waals surface area (Å²) in [5, 5.41) is 12.4. The number of carbonyl (C=O) groups is 1. The minimum atomic E-state index is -0.140. The maximum absolute atomic E-state index is 12.8. The van der Waals surface area contributed by atoms with Crippen molar-refractivity contribution in [3.63, 3.8) is 0 Å². The Morgan fingerprint density at radius 2 is 2.23 bits per heavy atom. The van der Waals surface area contributed by atoms with Crippen LogP contribution >= 0.6 is 0 Å². The Balaban J connectivity index is 1.17. The zero-order valence-electron chi connectivity index (χ0n) is 16.5. The van der Waals surface area contributed by atoms with Gasteiger partial charge in [-0.05, 0) is 18.6 Å². The monoisotopic (exact) mass is 421 g/mol. The molecule has 4 aromatic heterocycles. The van der Waals surface area contributed by atoms with Crippen LogP contribution in [0.1, 0.15) is 34.5 Å². The average molecular weight is 421 g/mol. The summed E-state index contributed by atoms with van der Waals surface area (Å²) in [6.45, 7) is 1.82. The second-order valence-electron chi connectivity index (χ2n) is 7.07. The molecule has 0 spiro atoms. The van der Waals surface area contributed by atoms with Crippen LogP contribution in [0.15, 0.2) is 54.0 Å². The number of hydrogen-bond acceptors (Lipinski definition) is 9. The zero-order chi connectivity index (χ0) is 21.0. The molecule has 0 aliphatic carbocycles. The maximum atomic E-state index is 12.8. The summed E-state index contributed by atoms with van der Waals surface area (Å²) >= 11 is 0. The van der Waals surface area contributed by atoms with E-state index < -0.39 is 0 Å². The van der Waals surface area contributed by atoms with Crippen molar-refractivity contribution in [1.29, 1.82) is 0 Å². The molecule has 0 aromatic carbocycles. The van der Waals surface area contributed by atoms with E-state index in [0.717, 1.165) is 6.42 Å². The molecular formula is C19H19N9O3. The van der Waals surface area contributed by atoms with Crippen LogP contribution in [0.3, 0.4) is 0 Å². The van der Waals surface area contributed by atoms with Gasteiger partial charge < -0.3 is 14.1 Å². The number of furan rings is 1. The molecule has 1 amide bonds. The lowest BCUT2D eigenvalue weighted by molar-refractivity contribution is 0.0753. The average Bonchev–Trinajstić information content (AvgIpc) is 3.60. The predicted octanol–water partition coefficient (Wildman–Crippen LogP) is 0.967. The van der Waals surface area contributed by atoms with Gasteiger partial charge in [0.25, 0.3) is 5.91 Å². The van der Waals surface area contributed by atoms with E-state index in [-0.39, 0.29) is 18.6 Å².